The molecule has 0 spiro atoms. The van der Waals surface area contributed by atoms with E-state index in [0.29, 0.717) is 17.8 Å². The van der Waals surface area contributed by atoms with Crippen molar-refractivity contribution in [2.75, 3.05) is 7.11 Å². The van der Waals surface area contributed by atoms with Crippen LogP contribution in [0.3, 0.4) is 0 Å². The van der Waals surface area contributed by atoms with Gasteiger partial charge in [0, 0.05) is 18.4 Å². The minimum atomic E-state index is -2.24. The third kappa shape index (κ3) is 8.86. The number of fused-ring (bicyclic) bond motifs is 1. The van der Waals surface area contributed by atoms with Crippen LogP contribution in [-0.4, -0.2) is 47.9 Å². The number of hydrogen-bond acceptors (Lipinski definition) is 6. The molecule has 0 saturated heterocycles. The third-order valence-corrected chi connectivity index (χ3v) is 16.2. The van der Waals surface area contributed by atoms with Crippen molar-refractivity contribution in [1.29, 1.82) is 0 Å². The zero-order valence-electron chi connectivity index (χ0n) is 30.5. The van der Waals surface area contributed by atoms with Crippen LogP contribution in [0.2, 0.25) is 18.1 Å². The molecule has 1 heterocycles. The quantitative estimate of drug-likeness (QED) is 0.146. The highest BCUT2D eigenvalue weighted by Gasteiger charge is 2.48. The van der Waals surface area contributed by atoms with Crippen molar-refractivity contribution in [2.45, 2.75) is 131 Å². The summed E-state index contributed by atoms with van der Waals surface area (Å²) in [5.74, 6) is 2.50. The van der Waals surface area contributed by atoms with Gasteiger partial charge in [-0.25, -0.2) is 4.98 Å². The summed E-state index contributed by atoms with van der Waals surface area (Å²) in [7, 11) is 1.17. The first kappa shape index (κ1) is 37.4. The number of aliphatic hydroxyl groups excluding tert-OH is 1. The summed E-state index contributed by atoms with van der Waals surface area (Å²) in [6.45, 7) is 23.3. The Labute approximate surface area is 274 Å². The van der Waals surface area contributed by atoms with Crippen molar-refractivity contribution in [3.63, 3.8) is 0 Å². The summed E-state index contributed by atoms with van der Waals surface area (Å²) in [4.78, 5) is 31.1. The summed E-state index contributed by atoms with van der Waals surface area (Å²) in [5, 5.41) is 10.9. The van der Waals surface area contributed by atoms with Gasteiger partial charge in [0.05, 0.1) is 36.8 Å². The molecular weight excluding hydrogens is 581 g/mol. The number of imidazole rings is 1. The first-order valence-corrected chi connectivity index (χ1v) is 20.0. The van der Waals surface area contributed by atoms with E-state index in [-0.39, 0.29) is 35.0 Å². The average molecular weight is 643 g/mol. The number of aromatic nitrogens is 2. The summed E-state index contributed by atoms with van der Waals surface area (Å²) in [6, 6.07) is 6.14. The Bertz CT molecular complexity index is 1330. The van der Waals surface area contributed by atoms with Crippen LogP contribution in [-0.2, 0) is 25.8 Å². The summed E-state index contributed by atoms with van der Waals surface area (Å²) >= 11 is 0. The molecule has 1 N–H and O–H groups in total. The van der Waals surface area contributed by atoms with Gasteiger partial charge in [-0.1, -0.05) is 80.7 Å². The van der Waals surface area contributed by atoms with Gasteiger partial charge in [0.1, 0.15) is 11.6 Å². The predicted octanol–water partition coefficient (Wildman–Crippen LogP) is 8.57. The van der Waals surface area contributed by atoms with E-state index in [4.69, 9.17) is 9.16 Å². The van der Waals surface area contributed by atoms with Gasteiger partial charge in [-0.15, -0.1) is 0 Å². The highest BCUT2D eigenvalue weighted by Crippen LogP contribution is 2.48. The second-order valence-electron chi connectivity index (χ2n) is 16.3. The Morgan fingerprint density at radius 3 is 2.36 bits per heavy atom. The van der Waals surface area contributed by atoms with Crippen LogP contribution >= 0.6 is 0 Å². The highest BCUT2D eigenvalue weighted by atomic mass is 28.4. The van der Waals surface area contributed by atoms with Crippen LogP contribution in [0.25, 0.3) is 11.0 Å². The Balaban J connectivity index is 1.52. The van der Waals surface area contributed by atoms with E-state index in [0.717, 1.165) is 41.7 Å². The number of Topliss-reactive ketones (excluding diaryl/α,β-unsaturated/α-hetero) is 1. The number of ketones is 1. The number of carbonyl (C=O) groups is 2. The van der Waals surface area contributed by atoms with E-state index >= 15 is 0 Å². The van der Waals surface area contributed by atoms with Crippen molar-refractivity contribution in [3.05, 3.63) is 29.6 Å². The largest absolute Gasteiger partial charge is 0.469 e. The lowest BCUT2D eigenvalue weighted by Crippen LogP contribution is -2.52. The van der Waals surface area contributed by atoms with Crippen LogP contribution in [0.15, 0.2) is 18.2 Å². The molecule has 0 unspecified atom stereocenters. The fourth-order valence-electron chi connectivity index (χ4n) is 6.57. The van der Waals surface area contributed by atoms with Crippen LogP contribution in [0.4, 0.5) is 0 Å². The SMILES string of the molecule is COC(=O)C[C@H](O[Si](C)(C)C(C)(C)C)C(C)(C)C(=O)[C@H](C)[C@@H](C)[C@@H](C)CCC[C@@H]1C[C@H]1C[C@@H](O)c1ccc2c(c1)nc(C)n2C. The standard InChI is InChI=1S/C37H62N2O5Si/c1-23(15-14-16-27-19-29(27)21-32(40)28-17-18-31-30(20-28)38-26(4)39(31)10)24(2)25(3)35(42)37(8,9)33(22-34(41)43-11)44-45(12,13)36(5,6)7/h17-18,20,23-25,27,29,32-33,40H,14-16,19,21-22H2,1-13H3/t23-,24-,25+,27+,29-,32+,33-/m0/s1. The van der Waals surface area contributed by atoms with Crippen LogP contribution < -0.4 is 0 Å². The second-order valence-corrected chi connectivity index (χ2v) is 21.0. The maximum atomic E-state index is 14.1. The van der Waals surface area contributed by atoms with Crippen LogP contribution in [0, 0.1) is 41.9 Å². The molecule has 1 fully saturated rings. The van der Waals surface area contributed by atoms with E-state index in [1.807, 2.05) is 40.0 Å². The number of nitrogens with zero attached hydrogens (tertiary/aromatic N) is 2. The summed E-state index contributed by atoms with van der Waals surface area (Å²) in [5.41, 5.74) is 2.18. The number of ether oxygens (including phenoxy) is 1. The van der Waals surface area contributed by atoms with Crippen LogP contribution in [0.1, 0.15) is 111 Å². The molecule has 1 saturated carbocycles. The van der Waals surface area contributed by atoms with Gasteiger partial charge in [-0.05, 0) is 79.3 Å². The fourth-order valence-corrected chi connectivity index (χ4v) is 8.02. The topological polar surface area (TPSA) is 90.7 Å². The zero-order valence-corrected chi connectivity index (χ0v) is 31.5. The first-order valence-electron chi connectivity index (χ1n) is 17.1. The molecular formula is C37H62N2O5Si. The van der Waals surface area contributed by atoms with Crippen molar-refractivity contribution in [3.8, 4) is 0 Å². The highest BCUT2D eigenvalue weighted by molar-refractivity contribution is 6.74. The average Bonchev–Trinajstić information content (AvgIpc) is 3.63. The molecule has 1 aromatic carbocycles. The first-order chi connectivity index (χ1) is 20.7. The molecule has 8 heteroatoms. The van der Waals surface area contributed by atoms with Crippen molar-refractivity contribution >= 4 is 31.1 Å². The second kappa shape index (κ2) is 14.4. The Morgan fingerprint density at radius 2 is 1.76 bits per heavy atom. The van der Waals surface area contributed by atoms with Crippen molar-refractivity contribution in [2.24, 2.45) is 42.1 Å². The zero-order chi connectivity index (χ0) is 34.1. The predicted molar refractivity (Wildman–Crippen MR) is 185 cm³/mol. The Hall–Kier alpha value is -2.03. The molecule has 2 aromatic rings. The number of carbonyl (C=O) groups excluding carboxylic acids is 2. The van der Waals surface area contributed by atoms with Crippen LogP contribution in [0.5, 0.6) is 0 Å². The molecule has 1 aliphatic carbocycles. The lowest BCUT2D eigenvalue weighted by Gasteiger charge is -2.44. The number of esters is 1. The molecule has 254 valence electrons. The lowest BCUT2D eigenvalue weighted by molar-refractivity contribution is -0.147. The molecule has 0 aliphatic heterocycles. The lowest BCUT2D eigenvalue weighted by atomic mass is 9.70. The normalized spacial score (nSPS) is 20.8. The minimum Gasteiger partial charge on any atom is -0.469 e. The number of benzene rings is 1. The van der Waals surface area contributed by atoms with Crippen molar-refractivity contribution < 1.29 is 23.9 Å². The van der Waals surface area contributed by atoms with Gasteiger partial charge in [0.25, 0.3) is 0 Å². The maximum Gasteiger partial charge on any atom is 0.308 e. The Morgan fingerprint density at radius 1 is 1.11 bits per heavy atom. The number of methoxy groups -OCH3 is 1. The number of rotatable bonds is 16. The van der Waals surface area contributed by atoms with E-state index in [9.17, 15) is 14.7 Å². The monoisotopic (exact) mass is 642 g/mol. The minimum absolute atomic E-state index is 0.0420. The van der Waals surface area contributed by atoms with Gasteiger partial charge in [0.15, 0.2) is 8.32 Å². The summed E-state index contributed by atoms with van der Waals surface area (Å²) < 4.78 is 13.8. The molecule has 0 bridgehead atoms. The van der Waals surface area contributed by atoms with Gasteiger partial charge < -0.3 is 18.8 Å². The van der Waals surface area contributed by atoms with Gasteiger partial charge in [-0.2, -0.15) is 0 Å². The molecule has 45 heavy (non-hydrogen) atoms. The van der Waals surface area contributed by atoms with E-state index in [1.165, 1.54) is 20.0 Å². The molecule has 7 atom stereocenters. The van der Waals surface area contributed by atoms with E-state index < -0.39 is 25.9 Å². The molecule has 1 aliphatic rings. The van der Waals surface area contributed by atoms with Gasteiger partial charge >= 0.3 is 5.97 Å². The third-order valence-electron chi connectivity index (χ3n) is 11.7. The van der Waals surface area contributed by atoms with Gasteiger partial charge in [0.2, 0.25) is 0 Å². The summed E-state index contributed by atoms with van der Waals surface area (Å²) in [6.07, 6.45) is 4.46. The smallest absolute Gasteiger partial charge is 0.308 e. The molecule has 0 radical (unpaired) electrons. The fraction of sp³-hybridized carbons (Fsp3) is 0.757. The number of hydrogen-bond donors (Lipinski definition) is 1. The van der Waals surface area contributed by atoms with E-state index in [1.54, 1.807) is 0 Å². The maximum absolute atomic E-state index is 14.1. The molecule has 0 amide bonds. The van der Waals surface area contributed by atoms with E-state index in [2.05, 4.69) is 70.3 Å². The molecule has 1 aromatic heterocycles. The van der Waals surface area contributed by atoms with Gasteiger partial charge in [-0.3, -0.25) is 9.59 Å². The number of aryl methyl sites for hydroxylation is 2. The molecule has 7 nitrogen and oxygen atoms in total. The molecule has 3 rings (SSSR count). The van der Waals surface area contributed by atoms with Crippen molar-refractivity contribution in [1.82, 2.24) is 9.55 Å². The Kier molecular flexibility index (Phi) is 12.0. The number of aliphatic hydroxyl groups is 1.